The largest absolute Gasteiger partial charge is 0.478 e. The van der Waals surface area contributed by atoms with E-state index in [1.165, 1.54) is 17.2 Å². The lowest BCUT2D eigenvalue weighted by Gasteiger charge is -2.05. The van der Waals surface area contributed by atoms with Gasteiger partial charge in [-0.2, -0.15) is 0 Å². The van der Waals surface area contributed by atoms with Gasteiger partial charge in [-0.25, -0.2) is 4.79 Å². The molecule has 2 aliphatic heterocycles. The lowest BCUT2D eigenvalue weighted by molar-refractivity contribution is 0.0698. The highest BCUT2D eigenvalue weighted by Gasteiger charge is 2.33. The Morgan fingerprint density at radius 2 is 1.54 bits per heavy atom. The summed E-state index contributed by atoms with van der Waals surface area (Å²) in [5.41, 5.74) is 8.43. The number of furan rings is 1. The number of hydrogen-bond donors (Lipinski definition) is 2. The zero-order valence-corrected chi connectivity index (χ0v) is 17.8. The topological polar surface area (TPSA) is 85.7 Å². The molecule has 5 nitrogen and oxygen atoms in total. The first-order chi connectivity index (χ1) is 13.5. The number of benzene rings is 2. The molecule has 2 bridgehead atoms. The van der Waals surface area contributed by atoms with Crippen LogP contribution in [0.15, 0.2) is 86.6 Å². The van der Waals surface area contributed by atoms with Gasteiger partial charge < -0.3 is 20.0 Å². The molecule has 0 saturated heterocycles. The maximum Gasteiger partial charge on any atom is 0.337 e. The van der Waals surface area contributed by atoms with E-state index in [1.807, 2.05) is 12.1 Å². The predicted octanol–water partition coefficient (Wildman–Crippen LogP) is 6.14. The molecule has 0 amide bonds. The number of anilines is 1. The molecule has 0 spiro atoms. The summed E-state index contributed by atoms with van der Waals surface area (Å²) in [6.45, 7) is 0. The minimum atomic E-state index is -1.01. The van der Waals surface area contributed by atoms with Crippen molar-refractivity contribution < 1.29 is 19.1 Å². The molecule has 1 aromatic heterocycles. The summed E-state index contributed by atoms with van der Waals surface area (Å²) in [4.78, 5) is 10.5. The van der Waals surface area contributed by atoms with Gasteiger partial charge in [-0.1, -0.05) is 50.1 Å². The van der Waals surface area contributed by atoms with E-state index in [4.69, 9.17) is 15.6 Å². The number of rotatable bonds is 1. The number of halogens is 2. The molecule has 3 heterocycles. The van der Waals surface area contributed by atoms with Crippen molar-refractivity contribution in [2.75, 3.05) is 5.73 Å². The number of carboxylic acid groups (broad SMARTS) is 1. The van der Waals surface area contributed by atoms with Crippen molar-refractivity contribution in [1.29, 1.82) is 0 Å². The summed E-state index contributed by atoms with van der Waals surface area (Å²) in [6.07, 6.45) is 7.93. The summed E-state index contributed by atoms with van der Waals surface area (Å²) < 4.78 is 12.1. The second kappa shape index (κ2) is 9.23. The molecule has 2 unspecified atom stereocenters. The number of nitrogens with two attached hydrogens (primary N) is 1. The zero-order valence-electron chi connectivity index (χ0n) is 14.6. The van der Waals surface area contributed by atoms with Crippen LogP contribution in [0.4, 0.5) is 5.69 Å². The van der Waals surface area contributed by atoms with E-state index in [0.29, 0.717) is 4.47 Å². The number of ether oxygens (including phenoxy) is 1. The molecule has 28 heavy (non-hydrogen) atoms. The van der Waals surface area contributed by atoms with Crippen LogP contribution >= 0.6 is 31.9 Å². The second-order valence-electron chi connectivity index (χ2n) is 5.97. The molecule has 3 aromatic rings. The van der Waals surface area contributed by atoms with E-state index < -0.39 is 5.97 Å². The number of carboxylic acids is 1. The zero-order chi connectivity index (χ0) is 20.1. The quantitative estimate of drug-likeness (QED) is 0.306. The van der Waals surface area contributed by atoms with Gasteiger partial charge in [0.25, 0.3) is 0 Å². The lowest BCUT2D eigenvalue weighted by Crippen LogP contribution is -2.01. The standard InChI is InChI=1S/C10H7BrO.C7H6BrNO2.C4H4O/c11-6-1-2-7-8(5-6)10-4-3-9(7)12-10;8-4-1-2-6(9)5(3-4)7(10)11;1-2-4-5-3-1/h1-5,9-10H;1-3H,9H2,(H,10,11);1-4H. The Hall–Kier alpha value is -2.35. The van der Waals surface area contributed by atoms with Gasteiger partial charge in [-0.3, -0.25) is 0 Å². The first kappa shape index (κ1) is 20.4. The van der Waals surface area contributed by atoms with Crippen molar-refractivity contribution in [3.05, 3.63) is 98.8 Å². The maximum absolute atomic E-state index is 10.5. The van der Waals surface area contributed by atoms with Crippen LogP contribution in [0.25, 0.3) is 0 Å². The molecule has 0 fully saturated rings. The third-order valence-corrected chi connectivity index (χ3v) is 5.07. The molecular formula is C21H17Br2NO4. The molecule has 144 valence electrons. The van der Waals surface area contributed by atoms with Crippen LogP contribution < -0.4 is 5.73 Å². The van der Waals surface area contributed by atoms with Gasteiger partial charge in [0.1, 0.15) is 12.2 Å². The molecule has 0 saturated carbocycles. The number of hydrogen-bond acceptors (Lipinski definition) is 4. The summed E-state index contributed by atoms with van der Waals surface area (Å²) in [6, 6.07) is 14.7. The molecule has 0 aliphatic carbocycles. The Bertz CT molecular complexity index is 969. The molecule has 2 atom stereocenters. The first-order valence-corrected chi connectivity index (χ1v) is 9.93. The van der Waals surface area contributed by atoms with E-state index in [1.54, 1.807) is 24.7 Å². The minimum Gasteiger partial charge on any atom is -0.478 e. The monoisotopic (exact) mass is 505 g/mol. The fourth-order valence-corrected chi connectivity index (χ4v) is 3.54. The molecule has 2 aromatic carbocycles. The van der Waals surface area contributed by atoms with Gasteiger partial charge in [0.15, 0.2) is 0 Å². The highest BCUT2D eigenvalue weighted by atomic mass is 79.9. The average molecular weight is 507 g/mol. The Balaban J connectivity index is 0.000000130. The van der Waals surface area contributed by atoms with E-state index in [-0.39, 0.29) is 23.5 Å². The average Bonchev–Trinajstić information content (AvgIpc) is 3.44. The molecular weight excluding hydrogens is 490 g/mol. The predicted molar refractivity (Wildman–Crippen MR) is 114 cm³/mol. The van der Waals surface area contributed by atoms with Crippen LogP contribution in [0, 0.1) is 0 Å². The van der Waals surface area contributed by atoms with Gasteiger partial charge in [0.2, 0.25) is 0 Å². The van der Waals surface area contributed by atoms with Crippen molar-refractivity contribution in [2.24, 2.45) is 0 Å². The number of aromatic carboxylic acids is 1. The number of carbonyl (C=O) groups is 1. The van der Waals surface area contributed by atoms with E-state index in [2.05, 4.69) is 66.6 Å². The van der Waals surface area contributed by atoms with Crippen LogP contribution in [0.3, 0.4) is 0 Å². The Morgan fingerprint density at radius 1 is 0.929 bits per heavy atom. The summed E-state index contributed by atoms with van der Waals surface area (Å²) in [5.74, 6) is -1.01. The molecule has 3 N–H and O–H groups in total. The number of nitrogen functional groups attached to an aromatic ring is 1. The molecule has 0 radical (unpaired) electrons. The van der Waals surface area contributed by atoms with E-state index >= 15 is 0 Å². The summed E-state index contributed by atoms with van der Waals surface area (Å²) in [7, 11) is 0. The van der Waals surface area contributed by atoms with E-state index in [9.17, 15) is 4.79 Å². The normalized spacial score (nSPS) is 17.8. The highest BCUT2D eigenvalue weighted by Crippen LogP contribution is 2.46. The highest BCUT2D eigenvalue weighted by molar-refractivity contribution is 9.10. The van der Waals surface area contributed by atoms with Gasteiger partial charge in [0, 0.05) is 14.6 Å². The summed E-state index contributed by atoms with van der Waals surface area (Å²) >= 11 is 6.60. The Morgan fingerprint density at radius 3 is 2.11 bits per heavy atom. The van der Waals surface area contributed by atoms with Crippen LogP contribution in [0.2, 0.25) is 0 Å². The molecule has 7 heteroatoms. The van der Waals surface area contributed by atoms with Gasteiger partial charge in [-0.05, 0) is 53.6 Å². The third kappa shape index (κ3) is 4.92. The van der Waals surface area contributed by atoms with Crippen molar-refractivity contribution in [3.63, 3.8) is 0 Å². The lowest BCUT2D eigenvalue weighted by atomic mass is 9.97. The number of fused-ring (bicyclic) bond motifs is 5. The molecule has 2 aliphatic rings. The van der Waals surface area contributed by atoms with Gasteiger partial charge >= 0.3 is 5.97 Å². The van der Waals surface area contributed by atoms with Crippen LogP contribution in [-0.2, 0) is 4.74 Å². The van der Waals surface area contributed by atoms with Crippen molar-refractivity contribution in [2.45, 2.75) is 12.2 Å². The summed E-state index contributed by atoms with van der Waals surface area (Å²) in [5, 5.41) is 8.59. The van der Waals surface area contributed by atoms with Gasteiger partial charge in [-0.15, -0.1) is 0 Å². The minimum absolute atomic E-state index is 0.124. The van der Waals surface area contributed by atoms with E-state index in [0.717, 1.165) is 4.47 Å². The first-order valence-electron chi connectivity index (χ1n) is 8.34. The maximum atomic E-state index is 10.5. The fraction of sp³-hybridized carbons (Fsp3) is 0.0952. The van der Waals surface area contributed by atoms with Gasteiger partial charge in [0.05, 0.1) is 18.1 Å². The van der Waals surface area contributed by atoms with Crippen LogP contribution in [0.1, 0.15) is 33.7 Å². The van der Waals surface area contributed by atoms with Crippen molar-refractivity contribution in [1.82, 2.24) is 0 Å². The Kier molecular flexibility index (Phi) is 6.72. The Labute approximate surface area is 179 Å². The SMILES string of the molecule is Brc1ccc2c(c1)C1C=CC2O1.Nc1ccc(Br)cc1C(=O)O.c1ccoc1. The van der Waals surface area contributed by atoms with Crippen LogP contribution in [0.5, 0.6) is 0 Å². The van der Waals surface area contributed by atoms with Crippen molar-refractivity contribution in [3.8, 4) is 0 Å². The van der Waals surface area contributed by atoms with Crippen molar-refractivity contribution >= 4 is 43.5 Å². The fourth-order valence-electron chi connectivity index (χ4n) is 2.80. The van der Waals surface area contributed by atoms with Crippen LogP contribution in [-0.4, -0.2) is 11.1 Å². The second-order valence-corrected chi connectivity index (χ2v) is 7.80. The third-order valence-electron chi connectivity index (χ3n) is 4.09. The smallest absolute Gasteiger partial charge is 0.337 e. The molecule has 5 rings (SSSR count).